The lowest BCUT2D eigenvalue weighted by Gasteiger charge is -2.13. The Morgan fingerprint density at radius 3 is 2.53 bits per heavy atom. The van der Waals surface area contributed by atoms with Gasteiger partial charge in [-0.1, -0.05) is 34.1 Å². The number of hydrogen-bond donors (Lipinski definition) is 1. The Kier molecular flexibility index (Phi) is 3.71. The van der Waals surface area contributed by atoms with Crippen LogP contribution >= 0.6 is 15.9 Å². The number of hydrogen-bond acceptors (Lipinski definition) is 2. The van der Waals surface area contributed by atoms with Crippen molar-refractivity contribution in [3.63, 3.8) is 0 Å². The molecule has 0 bridgehead atoms. The molecule has 1 aromatic carbocycles. The van der Waals surface area contributed by atoms with E-state index in [0.29, 0.717) is 15.6 Å². The van der Waals surface area contributed by atoms with Crippen LogP contribution in [0.4, 0.5) is 0 Å². The Morgan fingerprint density at radius 2 is 1.89 bits per heavy atom. The summed E-state index contributed by atoms with van der Waals surface area (Å²) in [5, 5.41) is 0. The minimum Gasteiger partial charge on any atom is -0.208 e. The summed E-state index contributed by atoms with van der Waals surface area (Å²) in [7, 11) is -3.35. The molecular formula is C14H18BrNO2S. The summed E-state index contributed by atoms with van der Waals surface area (Å²) in [5.41, 5.74) is 0.921. The molecule has 19 heavy (non-hydrogen) atoms. The number of rotatable bonds is 6. The largest absolute Gasteiger partial charge is 0.241 e. The standard InChI is InChI=1S/C14H18BrNO2S/c15-13(10-5-6-10)9-11-3-1-2-4-14(11)19(17,18)16-12-7-8-12/h1-4,10,12-13,16H,5-9H2. The third-order valence-electron chi connectivity index (χ3n) is 3.71. The lowest BCUT2D eigenvalue weighted by Crippen LogP contribution is -2.27. The predicted molar refractivity (Wildman–Crippen MR) is 78.9 cm³/mol. The molecule has 0 saturated heterocycles. The fraction of sp³-hybridized carbons (Fsp3) is 0.571. The highest BCUT2D eigenvalue weighted by Crippen LogP contribution is 2.38. The van der Waals surface area contributed by atoms with E-state index in [1.807, 2.05) is 12.1 Å². The third-order valence-corrected chi connectivity index (χ3v) is 6.40. The van der Waals surface area contributed by atoms with Crippen LogP contribution in [0, 0.1) is 5.92 Å². The second kappa shape index (κ2) is 5.19. The molecular weight excluding hydrogens is 326 g/mol. The molecule has 2 fully saturated rings. The van der Waals surface area contributed by atoms with Crippen molar-refractivity contribution >= 4 is 26.0 Å². The van der Waals surface area contributed by atoms with Gasteiger partial charge in [-0.15, -0.1) is 0 Å². The van der Waals surface area contributed by atoms with E-state index < -0.39 is 10.0 Å². The molecule has 3 rings (SSSR count). The molecule has 0 aromatic heterocycles. The molecule has 1 N–H and O–H groups in total. The SMILES string of the molecule is O=S(=O)(NC1CC1)c1ccccc1CC(Br)C1CC1. The van der Waals surface area contributed by atoms with E-state index in [0.717, 1.165) is 24.8 Å². The molecule has 5 heteroatoms. The zero-order chi connectivity index (χ0) is 13.5. The molecule has 0 aliphatic heterocycles. The van der Waals surface area contributed by atoms with Gasteiger partial charge in [0.25, 0.3) is 0 Å². The van der Waals surface area contributed by atoms with Gasteiger partial charge in [0.05, 0.1) is 4.90 Å². The van der Waals surface area contributed by atoms with Crippen molar-refractivity contribution in [1.29, 1.82) is 0 Å². The molecule has 2 saturated carbocycles. The van der Waals surface area contributed by atoms with Crippen molar-refractivity contribution in [1.82, 2.24) is 4.72 Å². The van der Waals surface area contributed by atoms with E-state index in [-0.39, 0.29) is 6.04 Å². The summed E-state index contributed by atoms with van der Waals surface area (Å²) in [6.45, 7) is 0. The Hall–Kier alpha value is -0.390. The van der Waals surface area contributed by atoms with Crippen molar-refractivity contribution in [2.45, 2.75) is 47.9 Å². The maximum Gasteiger partial charge on any atom is 0.241 e. The first-order valence-electron chi connectivity index (χ1n) is 6.80. The van der Waals surface area contributed by atoms with Gasteiger partial charge in [-0.2, -0.15) is 0 Å². The Bertz CT molecular complexity index is 565. The number of nitrogens with one attached hydrogen (secondary N) is 1. The van der Waals surface area contributed by atoms with E-state index in [4.69, 9.17) is 0 Å². The van der Waals surface area contributed by atoms with Crippen molar-refractivity contribution in [2.75, 3.05) is 0 Å². The summed E-state index contributed by atoms with van der Waals surface area (Å²) in [5.74, 6) is 0.715. The van der Waals surface area contributed by atoms with Gasteiger partial charge in [-0.25, -0.2) is 13.1 Å². The summed E-state index contributed by atoms with van der Waals surface area (Å²) in [6, 6.07) is 7.51. The highest BCUT2D eigenvalue weighted by molar-refractivity contribution is 9.09. The van der Waals surface area contributed by atoms with Crippen LogP contribution in [0.5, 0.6) is 0 Å². The first-order chi connectivity index (χ1) is 9.06. The van der Waals surface area contributed by atoms with Crippen LogP contribution in [-0.4, -0.2) is 19.3 Å². The van der Waals surface area contributed by atoms with Gasteiger partial charge in [0.2, 0.25) is 10.0 Å². The van der Waals surface area contributed by atoms with Crippen LogP contribution in [0.3, 0.4) is 0 Å². The van der Waals surface area contributed by atoms with Gasteiger partial charge in [0.15, 0.2) is 0 Å². The number of halogens is 1. The average molecular weight is 344 g/mol. The third kappa shape index (κ3) is 3.38. The van der Waals surface area contributed by atoms with E-state index in [1.54, 1.807) is 12.1 Å². The van der Waals surface area contributed by atoms with E-state index in [2.05, 4.69) is 20.7 Å². The minimum atomic E-state index is -3.35. The monoisotopic (exact) mass is 343 g/mol. The molecule has 0 radical (unpaired) electrons. The number of alkyl halides is 1. The van der Waals surface area contributed by atoms with Gasteiger partial charge in [0, 0.05) is 10.9 Å². The zero-order valence-corrected chi connectivity index (χ0v) is 13.1. The molecule has 0 amide bonds. The van der Waals surface area contributed by atoms with E-state index in [1.165, 1.54) is 12.8 Å². The molecule has 2 aliphatic rings. The van der Waals surface area contributed by atoms with E-state index >= 15 is 0 Å². The van der Waals surface area contributed by atoms with Crippen LogP contribution in [0.1, 0.15) is 31.2 Å². The van der Waals surface area contributed by atoms with Crippen LogP contribution < -0.4 is 4.72 Å². The highest BCUT2D eigenvalue weighted by atomic mass is 79.9. The van der Waals surface area contributed by atoms with Gasteiger partial charge >= 0.3 is 0 Å². The van der Waals surface area contributed by atoms with Crippen LogP contribution in [0.25, 0.3) is 0 Å². The van der Waals surface area contributed by atoms with Crippen molar-refractivity contribution in [2.24, 2.45) is 5.92 Å². The molecule has 0 heterocycles. The number of sulfonamides is 1. The number of benzene rings is 1. The minimum absolute atomic E-state index is 0.154. The van der Waals surface area contributed by atoms with Crippen molar-refractivity contribution < 1.29 is 8.42 Å². The molecule has 0 spiro atoms. The summed E-state index contributed by atoms with van der Waals surface area (Å²) in [4.78, 5) is 0.844. The van der Waals surface area contributed by atoms with Crippen LogP contribution in [0.15, 0.2) is 29.2 Å². The summed E-state index contributed by atoms with van der Waals surface area (Å²) in [6.07, 6.45) is 5.22. The fourth-order valence-electron chi connectivity index (χ4n) is 2.25. The fourth-order valence-corrected chi connectivity index (χ4v) is 4.69. The van der Waals surface area contributed by atoms with Crippen molar-refractivity contribution in [3.05, 3.63) is 29.8 Å². The average Bonchev–Trinajstić information content (AvgIpc) is 3.23. The molecule has 3 nitrogen and oxygen atoms in total. The molecule has 2 aliphatic carbocycles. The maximum absolute atomic E-state index is 12.3. The Labute approximate surface area is 123 Å². The highest BCUT2D eigenvalue weighted by Gasteiger charge is 2.32. The normalized spacial score (nSPS) is 21.3. The molecule has 1 aromatic rings. The zero-order valence-electron chi connectivity index (χ0n) is 10.7. The maximum atomic E-state index is 12.3. The lowest BCUT2D eigenvalue weighted by atomic mass is 10.1. The summed E-state index contributed by atoms with van der Waals surface area (Å²) < 4.78 is 27.4. The van der Waals surface area contributed by atoms with Crippen LogP contribution in [-0.2, 0) is 16.4 Å². The van der Waals surface area contributed by atoms with Gasteiger partial charge in [0.1, 0.15) is 0 Å². The van der Waals surface area contributed by atoms with Crippen molar-refractivity contribution in [3.8, 4) is 0 Å². The Balaban J connectivity index is 1.83. The van der Waals surface area contributed by atoms with Crippen LogP contribution in [0.2, 0.25) is 0 Å². The lowest BCUT2D eigenvalue weighted by molar-refractivity contribution is 0.579. The molecule has 1 atom stereocenters. The second-order valence-electron chi connectivity index (χ2n) is 5.56. The first-order valence-corrected chi connectivity index (χ1v) is 9.20. The first kappa shape index (κ1) is 13.6. The Morgan fingerprint density at radius 1 is 1.21 bits per heavy atom. The van der Waals surface area contributed by atoms with Gasteiger partial charge in [-0.3, -0.25) is 0 Å². The quantitative estimate of drug-likeness (QED) is 0.807. The van der Waals surface area contributed by atoms with Gasteiger partial charge < -0.3 is 0 Å². The summed E-state index contributed by atoms with van der Waals surface area (Å²) >= 11 is 3.69. The second-order valence-corrected chi connectivity index (χ2v) is 8.42. The molecule has 104 valence electrons. The smallest absolute Gasteiger partial charge is 0.208 e. The topological polar surface area (TPSA) is 46.2 Å². The van der Waals surface area contributed by atoms with Gasteiger partial charge in [-0.05, 0) is 49.7 Å². The molecule has 1 unspecified atom stereocenters. The van der Waals surface area contributed by atoms with E-state index in [9.17, 15) is 8.42 Å². The predicted octanol–water partition coefficient (Wildman–Crippen LogP) is 2.84.